The summed E-state index contributed by atoms with van der Waals surface area (Å²) in [5.74, 6) is 0.401. The molecule has 3 fully saturated rings. The van der Waals surface area contributed by atoms with E-state index in [1.165, 1.54) is 24.1 Å². The molecule has 0 unspecified atom stereocenters. The van der Waals surface area contributed by atoms with Gasteiger partial charge in [-0.2, -0.15) is 0 Å². The average molecular weight is 319 g/mol. The summed E-state index contributed by atoms with van der Waals surface area (Å²) in [5.41, 5.74) is 0.0401. The van der Waals surface area contributed by atoms with E-state index >= 15 is 0 Å². The number of thiophene rings is 1. The molecule has 22 heavy (non-hydrogen) atoms. The molecule has 1 saturated carbocycles. The fraction of sp³-hybridized carbons (Fsp3) is 0.722. The summed E-state index contributed by atoms with van der Waals surface area (Å²) >= 11 is 1.77. The molecule has 1 aromatic heterocycles. The van der Waals surface area contributed by atoms with E-state index in [2.05, 4.69) is 22.4 Å². The Bertz CT molecular complexity index is 527. The molecule has 0 radical (unpaired) electrons. The number of rotatable bonds is 2. The molecule has 1 spiro atoms. The second kappa shape index (κ2) is 5.64. The second-order valence-corrected chi connectivity index (χ2v) is 8.35. The third-order valence-electron chi connectivity index (χ3n) is 6.02. The zero-order valence-corrected chi connectivity index (χ0v) is 14.0. The maximum Gasteiger partial charge on any atom is 0.234 e. The first kappa shape index (κ1) is 14.7. The number of hydrogen-bond donors (Lipinski definition) is 0. The summed E-state index contributed by atoms with van der Waals surface area (Å²) in [5, 5.41) is 2.12. The lowest BCUT2D eigenvalue weighted by atomic mass is 9.72. The maximum absolute atomic E-state index is 13.5. The summed E-state index contributed by atoms with van der Waals surface area (Å²) in [7, 11) is 0. The molecule has 3 aliphatic rings. The van der Waals surface area contributed by atoms with Crippen LogP contribution in [0.2, 0.25) is 0 Å². The number of nitrogens with zero attached hydrogens (tertiary/aromatic N) is 1. The molecule has 1 amide bonds. The molecule has 3 nitrogen and oxygen atoms in total. The van der Waals surface area contributed by atoms with Crippen LogP contribution in [0.25, 0.3) is 0 Å². The van der Waals surface area contributed by atoms with Gasteiger partial charge in [-0.15, -0.1) is 11.3 Å². The Balaban J connectivity index is 1.59. The first-order valence-electron chi connectivity index (χ1n) is 8.65. The maximum atomic E-state index is 13.5. The van der Waals surface area contributed by atoms with Gasteiger partial charge in [-0.1, -0.05) is 25.3 Å². The predicted octanol–water partition coefficient (Wildman–Crippen LogP) is 3.59. The largest absolute Gasteiger partial charge is 0.381 e. The molecule has 0 aromatic carbocycles. The molecule has 4 rings (SSSR count). The van der Waals surface area contributed by atoms with Crippen molar-refractivity contribution in [2.75, 3.05) is 26.3 Å². The third-order valence-corrected chi connectivity index (χ3v) is 7.09. The fourth-order valence-electron chi connectivity index (χ4n) is 4.65. The van der Waals surface area contributed by atoms with Crippen LogP contribution in [-0.2, 0) is 14.9 Å². The molecule has 1 atom stereocenters. The minimum Gasteiger partial charge on any atom is -0.381 e. The zero-order chi connectivity index (χ0) is 15.0. The molecule has 0 N–H and O–H groups in total. The van der Waals surface area contributed by atoms with E-state index in [0.29, 0.717) is 5.91 Å². The van der Waals surface area contributed by atoms with Gasteiger partial charge in [-0.05, 0) is 37.1 Å². The van der Waals surface area contributed by atoms with Crippen LogP contribution in [0.4, 0.5) is 0 Å². The van der Waals surface area contributed by atoms with Crippen LogP contribution in [0.1, 0.15) is 49.8 Å². The number of carbonyl (C=O) groups excluding carboxylic acids is 1. The molecule has 3 heterocycles. The highest BCUT2D eigenvalue weighted by Crippen LogP contribution is 2.46. The van der Waals surface area contributed by atoms with Gasteiger partial charge in [0.1, 0.15) is 0 Å². The molecular weight excluding hydrogens is 294 g/mol. The van der Waals surface area contributed by atoms with Crippen molar-refractivity contribution in [3.8, 4) is 0 Å². The molecule has 1 aromatic rings. The van der Waals surface area contributed by atoms with E-state index in [1.54, 1.807) is 11.3 Å². The van der Waals surface area contributed by atoms with Gasteiger partial charge in [-0.3, -0.25) is 4.79 Å². The number of amides is 1. The van der Waals surface area contributed by atoms with Gasteiger partial charge in [0.2, 0.25) is 5.91 Å². The van der Waals surface area contributed by atoms with Crippen LogP contribution in [0.15, 0.2) is 17.5 Å². The Hall–Kier alpha value is -0.870. The van der Waals surface area contributed by atoms with Crippen LogP contribution >= 0.6 is 11.3 Å². The van der Waals surface area contributed by atoms with Crippen LogP contribution in [0.3, 0.4) is 0 Å². The lowest BCUT2D eigenvalue weighted by molar-refractivity contribution is -0.138. The number of likely N-dealkylation sites (tertiary alicyclic amines) is 1. The van der Waals surface area contributed by atoms with Gasteiger partial charge in [-0.25, -0.2) is 0 Å². The van der Waals surface area contributed by atoms with Gasteiger partial charge in [0.15, 0.2) is 0 Å². The minimum atomic E-state index is -0.225. The zero-order valence-electron chi connectivity index (χ0n) is 13.2. The molecule has 2 saturated heterocycles. The van der Waals surface area contributed by atoms with E-state index in [9.17, 15) is 4.79 Å². The van der Waals surface area contributed by atoms with Gasteiger partial charge >= 0.3 is 0 Å². The van der Waals surface area contributed by atoms with Crippen molar-refractivity contribution < 1.29 is 9.53 Å². The highest BCUT2D eigenvalue weighted by atomic mass is 32.1. The van der Waals surface area contributed by atoms with Crippen molar-refractivity contribution in [2.45, 2.75) is 50.4 Å². The quantitative estimate of drug-likeness (QED) is 0.834. The summed E-state index contributed by atoms with van der Waals surface area (Å²) in [6.07, 6.45) is 7.97. The smallest absolute Gasteiger partial charge is 0.234 e. The van der Waals surface area contributed by atoms with Crippen LogP contribution in [-0.4, -0.2) is 37.1 Å². The van der Waals surface area contributed by atoms with Gasteiger partial charge in [0.25, 0.3) is 0 Å². The molecular formula is C18H25NO2S. The Morgan fingerprint density at radius 2 is 2.05 bits per heavy atom. The Morgan fingerprint density at radius 1 is 1.18 bits per heavy atom. The van der Waals surface area contributed by atoms with Crippen LogP contribution in [0.5, 0.6) is 0 Å². The van der Waals surface area contributed by atoms with Crippen molar-refractivity contribution in [1.29, 1.82) is 0 Å². The van der Waals surface area contributed by atoms with E-state index in [0.717, 1.165) is 52.0 Å². The Morgan fingerprint density at radius 3 is 2.73 bits per heavy atom. The second-order valence-electron chi connectivity index (χ2n) is 7.40. The highest BCUT2D eigenvalue weighted by molar-refractivity contribution is 7.10. The standard InChI is InChI=1S/C18H25NO2S/c20-16(19-10-8-17(13-19)9-11-21-14-17)18(6-2-1-3-7-18)15-5-4-12-22-15/h4-5,12H,1-3,6-11,13-14H2/t17-/m1/s1. The van der Waals surface area contributed by atoms with Crippen molar-refractivity contribution in [2.24, 2.45) is 5.41 Å². The molecule has 4 heteroatoms. The van der Waals surface area contributed by atoms with Crippen molar-refractivity contribution in [3.05, 3.63) is 22.4 Å². The normalized spacial score (nSPS) is 31.0. The summed E-state index contributed by atoms with van der Waals surface area (Å²) in [6.45, 7) is 3.56. The van der Waals surface area contributed by atoms with Gasteiger partial charge < -0.3 is 9.64 Å². The van der Waals surface area contributed by atoms with Crippen molar-refractivity contribution >= 4 is 17.2 Å². The molecule has 1 aliphatic carbocycles. The van der Waals surface area contributed by atoms with Crippen molar-refractivity contribution in [3.63, 3.8) is 0 Å². The van der Waals surface area contributed by atoms with Crippen LogP contribution < -0.4 is 0 Å². The lowest BCUT2D eigenvalue weighted by Crippen LogP contribution is -2.47. The van der Waals surface area contributed by atoms with E-state index in [-0.39, 0.29) is 10.8 Å². The summed E-state index contributed by atoms with van der Waals surface area (Å²) in [4.78, 5) is 16.9. The lowest BCUT2D eigenvalue weighted by Gasteiger charge is -2.38. The van der Waals surface area contributed by atoms with Crippen molar-refractivity contribution in [1.82, 2.24) is 4.90 Å². The van der Waals surface area contributed by atoms with E-state index in [4.69, 9.17) is 4.74 Å². The van der Waals surface area contributed by atoms with E-state index < -0.39 is 0 Å². The number of hydrogen-bond acceptors (Lipinski definition) is 3. The average Bonchev–Trinajstić information content (AvgIpc) is 3.30. The third kappa shape index (κ3) is 2.31. The SMILES string of the molecule is O=C(N1CC[C@@]2(CCOC2)C1)C1(c2cccs2)CCCCC1. The highest BCUT2D eigenvalue weighted by Gasteiger charge is 2.49. The predicted molar refractivity (Wildman–Crippen MR) is 88.1 cm³/mol. The van der Waals surface area contributed by atoms with Gasteiger partial charge in [0.05, 0.1) is 12.0 Å². The van der Waals surface area contributed by atoms with Gasteiger partial charge in [0, 0.05) is 30.0 Å². The summed E-state index contributed by atoms with van der Waals surface area (Å²) < 4.78 is 5.62. The molecule has 0 bridgehead atoms. The number of ether oxygens (including phenoxy) is 1. The first-order chi connectivity index (χ1) is 10.7. The monoisotopic (exact) mass is 319 g/mol. The fourth-order valence-corrected chi connectivity index (χ4v) is 5.63. The van der Waals surface area contributed by atoms with Crippen LogP contribution in [0, 0.1) is 5.41 Å². The first-order valence-corrected chi connectivity index (χ1v) is 9.53. The molecule has 2 aliphatic heterocycles. The Kier molecular flexibility index (Phi) is 3.77. The van der Waals surface area contributed by atoms with E-state index in [1.807, 2.05) is 0 Å². The minimum absolute atomic E-state index is 0.225. The number of carbonyl (C=O) groups is 1. The summed E-state index contributed by atoms with van der Waals surface area (Å²) in [6, 6.07) is 4.28. The Labute approximate surface area is 136 Å². The molecule has 120 valence electrons. The topological polar surface area (TPSA) is 29.5 Å².